The second-order valence-electron chi connectivity index (χ2n) is 3.28. The number of carbonyl (C=O) groups is 1. The standard InChI is InChI=1S/C11H16N4O2/c1-3-14-11(16)15-9-7(10(12)13)5-4-6-8(9)17-2/h4-6H,3H2,1-2H3,(H3,12,13)(H2,14,15,16). The number of rotatable bonds is 4. The molecule has 6 nitrogen and oxygen atoms in total. The summed E-state index contributed by atoms with van der Waals surface area (Å²) in [7, 11) is 1.49. The molecule has 0 atom stereocenters. The molecule has 0 fully saturated rings. The number of benzene rings is 1. The maximum Gasteiger partial charge on any atom is 0.319 e. The third-order valence-corrected chi connectivity index (χ3v) is 2.11. The summed E-state index contributed by atoms with van der Waals surface area (Å²) in [5.74, 6) is 0.333. The molecular formula is C11H16N4O2. The first-order valence-corrected chi connectivity index (χ1v) is 5.16. The molecule has 5 N–H and O–H groups in total. The van der Waals surface area contributed by atoms with E-state index in [2.05, 4.69) is 10.6 Å². The molecule has 0 spiro atoms. The van der Waals surface area contributed by atoms with E-state index in [0.29, 0.717) is 23.5 Å². The van der Waals surface area contributed by atoms with Crippen LogP contribution in [0.5, 0.6) is 5.75 Å². The lowest BCUT2D eigenvalue weighted by Crippen LogP contribution is -2.29. The number of amidine groups is 1. The average molecular weight is 236 g/mol. The quantitative estimate of drug-likeness (QED) is 0.465. The topological polar surface area (TPSA) is 100 Å². The van der Waals surface area contributed by atoms with E-state index < -0.39 is 0 Å². The number of ether oxygens (including phenoxy) is 1. The van der Waals surface area contributed by atoms with Crippen LogP contribution in [0.25, 0.3) is 0 Å². The second kappa shape index (κ2) is 5.74. The fourth-order valence-electron chi connectivity index (χ4n) is 1.37. The zero-order valence-corrected chi connectivity index (χ0v) is 9.83. The van der Waals surface area contributed by atoms with Crippen molar-refractivity contribution in [2.24, 2.45) is 5.73 Å². The molecule has 0 bridgehead atoms. The van der Waals surface area contributed by atoms with Crippen molar-refractivity contribution < 1.29 is 9.53 Å². The summed E-state index contributed by atoms with van der Waals surface area (Å²) >= 11 is 0. The maximum absolute atomic E-state index is 11.5. The van der Waals surface area contributed by atoms with Gasteiger partial charge in [-0.3, -0.25) is 5.41 Å². The van der Waals surface area contributed by atoms with Gasteiger partial charge in [0.15, 0.2) is 0 Å². The van der Waals surface area contributed by atoms with Crippen molar-refractivity contribution in [3.05, 3.63) is 23.8 Å². The Morgan fingerprint density at radius 1 is 1.53 bits per heavy atom. The van der Waals surface area contributed by atoms with Gasteiger partial charge in [-0.1, -0.05) is 6.07 Å². The average Bonchev–Trinajstić information content (AvgIpc) is 2.29. The molecule has 0 aromatic heterocycles. The van der Waals surface area contributed by atoms with Crippen LogP contribution in [0.2, 0.25) is 0 Å². The Kier molecular flexibility index (Phi) is 4.33. The van der Waals surface area contributed by atoms with Crippen LogP contribution < -0.4 is 21.1 Å². The molecule has 1 aromatic rings. The Hall–Kier alpha value is -2.24. The van der Waals surface area contributed by atoms with Gasteiger partial charge in [0.05, 0.1) is 12.8 Å². The number of hydrogen-bond donors (Lipinski definition) is 4. The third kappa shape index (κ3) is 3.10. The van der Waals surface area contributed by atoms with Crippen molar-refractivity contribution in [3.63, 3.8) is 0 Å². The van der Waals surface area contributed by atoms with E-state index in [0.717, 1.165) is 0 Å². The van der Waals surface area contributed by atoms with Crippen LogP contribution in [0.15, 0.2) is 18.2 Å². The lowest BCUT2D eigenvalue weighted by Gasteiger charge is -2.14. The van der Waals surface area contributed by atoms with Crippen LogP contribution in [0.4, 0.5) is 10.5 Å². The largest absolute Gasteiger partial charge is 0.495 e. The Bertz CT molecular complexity index is 431. The second-order valence-corrected chi connectivity index (χ2v) is 3.28. The first-order valence-electron chi connectivity index (χ1n) is 5.16. The van der Waals surface area contributed by atoms with Crippen molar-refractivity contribution in [2.45, 2.75) is 6.92 Å². The van der Waals surface area contributed by atoms with Gasteiger partial charge in [0.2, 0.25) is 0 Å². The molecule has 2 amide bonds. The molecule has 0 unspecified atom stereocenters. The van der Waals surface area contributed by atoms with E-state index in [9.17, 15) is 4.79 Å². The highest BCUT2D eigenvalue weighted by atomic mass is 16.5. The summed E-state index contributed by atoms with van der Waals surface area (Å²) in [6.45, 7) is 2.32. The molecule has 0 radical (unpaired) electrons. The zero-order chi connectivity index (χ0) is 12.8. The summed E-state index contributed by atoms with van der Waals surface area (Å²) in [5.41, 5.74) is 6.27. The predicted octanol–water partition coefficient (Wildman–Crippen LogP) is 1.12. The van der Waals surface area contributed by atoms with Gasteiger partial charge in [-0.2, -0.15) is 0 Å². The van der Waals surface area contributed by atoms with Gasteiger partial charge in [0.25, 0.3) is 0 Å². The van der Waals surface area contributed by atoms with Crippen molar-refractivity contribution in [1.29, 1.82) is 5.41 Å². The number of nitrogens with one attached hydrogen (secondary N) is 3. The zero-order valence-electron chi connectivity index (χ0n) is 9.83. The van der Waals surface area contributed by atoms with Gasteiger partial charge in [0, 0.05) is 12.1 Å². The molecular weight excluding hydrogens is 220 g/mol. The molecule has 1 rings (SSSR count). The molecule has 0 heterocycles. The molecule has 0 aliphatic carbocycles. The Morgan fingerprint density at radius 2 is 2.24 bits per heavy atom. The van der Waals surface area contributed by atoms with E-state index in [1.165, 1.54) is 7.11 Å². The molecule has 6 heteroatoms. The lowest BCUT2D eigenvalue weighted by molar-refractivity contribution is 0.252. The minimum Gasteiger partial charge on any atom is -0.495 e. The maximum atomic E-state index is 11.5. The number of urea groups is 1. The monoisotopic (exact) mass is 236 g/mol. The third-order valence-electron chi connectivity index (χ3n) is 2.11. The van der Waals surface area contributed by atoms with E-state index >= 15 is 0 Å². The molecule has 1 aromatic carbocycles. The lowest BCUT2D eigenvalue weighted by atomic mass is 10.1. The minimum absolute atomic E-state index is 0.129. The number of para-hydroxylation sites is 1. The molecule has 0 aliphatic heterocycles. The van der Waals surface area contributed by atoms with Crippen LogP contribution in [-0.4, -0.2) is 25.5 Å². The van der Waals surface area contributed by atoms with Gasteiger partial charge in [-0.05, 0) is 19.1 Å². The smallest absolute Gasteiger partial charge is 0.319 e. The fourth-order valence-corrected chi connectivity index (χ4v) is 1.37. The van der Waals surface area contributed by atoms with E-state index in [1.807, 2.05) is 6.92 Å². The highest BCUT2D eigenvalue weighted by molar-refractivity contribution is 6.05. The number of nitrogens with two attached hydrogens (primary N) is 1. The van der Waals surface area contributed by atoms with Crippen molar-refractivity contribution in [1.82, 2.24) is 5.32 Å². The normalized spacial score (nSPS) is 9.53. The fraction of sp³-hybridized carbons (Fsp3) is 0.273. The molecule has 0 aliphatic rings. The van der Waals surface area contributed by atoms with Crippen LogP contribution in [-0.2, 0) is 0 Å². The summed E-state index contributed by atoms with van der Waals surface area (Å²) in [5, 5.41) is 12.7. The van der Waals surface area contributed by atoms with Gasteiger partial charge in [-0.15, -0.1) is 0 Å². The Labute approximate surface area is 99.7 Å². The highest BCUT2D eigenvalue weighted by Crippen LogP contribution is 2.27. The molecule has 0 saturated heterocycles. The van der Waals surface area contributed by atoms with E-state index in [1.54, 1.807) is 18.2 Å². The minimum atomic E-state index is -0.362. The van der Waals surface area contributed by atoms with Crippen LogP contribution in [0.1, 0.15) is 12.5 Å². The van der Waals surface area contributed by atoms with Gasteiger partial charge < -0.3 is 21.1 Å². The van der Waals surface area contributed by atoms with E-state index in [4.69, 9.17) is 15.9 Å². The Morgan fingerprint density at radius 3 is 2.76 bits per heavy atom. The Balaban J connectivity index is 3.09. The van der Waals surface area contributed by atoms with Crippen molar-refractivity contribution in [2.75, 3.05) is 19.0 Å². The number of hydrogen-bond acceptors (Lipinski definition) is 3. The number of anilines is 1. The van der Waals surface area contributed by atoms with E-state index in [-0.39, 0.29) is 11.9 Å². The number of carbonyl (C=O) groups excluding carboxylic acids is 1. The highest BCUT2D eigenvalue weighted by Gasteiger charge is 2.13. The SMILES string of the molecule is CCNC(=O)Nc1c(OC)cccc1C(=N)N. The van der Waals surface area contributed by atoms with Crippen LogP contribution in [0, 0.1) is 5.41 Å². The number of methoxy groups -OCH3 is 1. The van der Waals surface area contributed by atoms with Crippen LogP contribution in [0.3, 0.4) is 0 Å². The number of nitrogen functional groups attached to an aromatic ring is 1. The number of amides is 2. The summed E-state index contributed by atoms with van der Waals surface area (Å²) in [6, 6.07) is 4.68. The first kappa shape index (κ1) is 12.8. The molecule has 0 saturated carbocycles. The molecule has 92 valence electrons. The summed E-state index contributed by atoms with van der Waals surface area (Å²) in [6.07, 6.45) is 0. The van der Waals surface area contributed by atoms with Crippen LogP contribution >= 0.6 is 0 Å². The van der Waals surface area contributed by atoms with Crippen molar-refractivity contribution >= 4 is 17.6 Å². The van der Waals surface area contributed by atoms with Crippen molar-refractivity contribution in [3.8, 4) is 5.75 Å². The first-order chi connectivity index (χ1) is 8.10. The van der Waals surface area contributed by atoms with Gasteiger partial charge in [-0.25, -0.2) is 4.79 Å². The summed E-state index contributed by atoms with van der Waals surface area (Å²) in [4.78, 5) is 11.5. The predicted molar refractivity (Wildman–Crippen MR) is 66.7 cm³/mol. The van der Waals surface area contributed by atoms with Gasteiger partial charge >= 0.3 is 6.03 Å². The van der Waals surface area contributed by atoms with Gasteiger partial charge in [0.1, 0.15) is 11.6 Å². The molecule has 17 heavy (non-hydrogen) atoms. The summed E-state index contributed by atoms with van der Waals surface area (Å²) < 4.78 is 5.12.